The van der Waals surface area contributed by atoms with Crippen molar-refractivity contribution in [1.29, 1.82) is 0 Å². The van der Waals surface area contributed by atoms with Crippen molar-refractivity contribution in [2.24, 2.45) is 0 Å². The van der Waals surface area contributed by atoms with E-state index in [0.717, 1.165) is 24.5 Å². The molecule has 5 heteroatoms. The first kappa shape index (κ1) is 16.6. The zero-order valence-electron chi connectivity index (χ0n) is 14.5. The number of nitrogens with one attached hydrogen (secondary N) is 1. The molecule has 0 saturated carbocycles. The highest BCUT2D eigenvalue weighted by Crippen LogP contribution is 2.30. The number of rotatable bonds is 4. The van der Waals surface area contributed by atoms with Gasteiger partial charge in [0.05, 0.1) is 18.6 Å². The number of aryl methyl sites for hydroxylation is 1. The topological polar surface area (TPSA) is 48.7 Å². The van der Waals surface area contributed by atoms with Gasteiger partial charge in [-0.2, -0.15) is 0 Å². The van der Waals surface area contributed by atoms with E-state index >= 15 is 0 Å². The SMILES string of the molecule is Cc1ccc(CN(C)C(=O)N[C@@H]2CCN(C)[C@H]2c2ccccc2)o1. The molecule has 1 aliphatic rings. The van der Waals surface area contributed by atoms with Crippen LogP contribution in [0.2, 0.25) is 0 Å². The van der Waals surface area contributed by atoms with Crippen molar-refractivity contribution in [1.82, 2.24) is 15.1 Å². The Kier molecular flexibility index (Phi) is 4.90. The summed E-state index contributed by atoms with van der Waals surface area (Å²) < 4.78 is 5.55. The standard InChI is InChI=1S/C19H25N3O2/c1-14-9-10-16(24-14)13-22(3)19(23)20-17-11-12-21(2)18(17)15-7-5-4-6-8-15/h4-10,17-18H,11-13H2,1-3H3,(H,20,23)/t17-,18+/m1/s1. The van der Waals surface area contributed by atoms with Crippen LogP contribution in [0, 0.1) is 6.92 Å². The molecule has 1 aromatic carbocycles. The number of hydrogen-bond acceptors (Lipinski definition) is 3. The lowest BCUT2D eigenvalue weighted by Crippen LogP contribution is -2.44. The Morgan fingerprint density at radius 2 is 2.04 bits per heavy atom. The van der Waals surface area contributed by atoms with Gasteiger partial charge < -0.3 is 14.6 Å². The number of carbonyl (C=O) groups is 1. The highest BCUT2D eigenvalue weighted by Gasteiger charge is 2.34. The third-order valence-corrected chi connectivity index (χ3v) is 4.63. The van der Waals surface area contributed by atoms with Crippen molar-refractivity contribution in [3.05, 3.63) is 59.5 Å². The van der Waals surface area contributed by atoms with Gasteiger partial charge in [0.25, 0.3) is 0 Å². The number of urea groups is 1. The van der Waals surface area contributed by atoms with Crippen LogP contribution in [0.5, 0.6) is 0 Å². The molecule has 5 nitrogen and oxygen atoms in total. The molecule has 24 heavy (non-hydrogen) atoms. The lowest BCUT2D eigenvalue weighted by Gasteiger charge is -2.28. The minimum atomic E-state index is -0.0646. The van der Waals surface area contributed by atoms with Crippen molar-refractivity contribution in [3.63, 3.8) is 0 Å². The van der Waals surface area contributed by atoms with Crippen LogP contribution < -0.4 is 5.32 Å². The fourth-order valence-electron chi connectivity index (χ4n) is 3.38. The molecule has 0 aliphatic carbocycles. The predicted molar refractivity (Wildman–Crippen MR) is 93.7 cm³/mol. The van der Waals surface area contributed by atoms with Gasteiger partial charge in [-0.3, -0.25) is 4.90 Å². The molecule has 2 amide bonds. The van der Waals surface area contributed by atoms with Crippen LogP contribution in [0.3, 0.4) is 0 Å². The lowest BCUT2D eigenvalue weighted by atomic mass is 10.0. The zero-order valence-corrected chi connectivity index (χ0v) is 14.5. The molecule has 2 heterocycles. The fourth-order valence-corrected chi connectivity index (χ4v) is 3.38. The van der Waals surface area contributed by atoms with Gasteiger partial charge in [-0.05, 0) is 38.1 Å². The summed E-state index contributed by atoms with van der Waals surface area (Å²) in [5.74, 6) is 1.66. The molecule has 2 aromatic rings. The van der Waals surface area contributed by atoms with E-state index in [-0.39, 0.29) is 18.1 Å². The van der Waals surface area contributed by atoms with Gasteiger partial charge in [0.1, 0.15) is 11.5 Å². The van der Waals surface area contributed by atoms with E-state index in [1.54, 1.807) is 11.9 Å². The molecule has 1 saturated heterocycles. The Hall–Kier alpha value is -2.27. The number of hydrogen-bond donors (Lipinski definition) is 1. The molecule has 1 N–H and O–H groups in total. The van der Waals surface area contributed by atoms with Gasteiger partial charge in [-0.25, -0.2) is 4.79 Å². The summed E-state index contributed by atoms with van der Waals surface area (Å²) in [4.78, 5) is 16.5. The van der Waals surface area contributed by atoms with Crippen LogP contribution in [0.15, 0.2) is 46.9 Å². The van der Waals surface area contributed by atoms with Crippen molar-refractivity contribution < 1.29 is 9.21 Å². The molecule has 3 rings (SSSR count). The van der Waals surface area contributed by atoms with Crippen LogP contribution in [0.4, 0.5) is 4.79 Å². The molecule has 1 aliphatic heterocycles. The third-order valence-electron chi connectivity index (χ3n) is 4.63. The lowest BCUT2D eigenvalue weighted by molar-refractivity contribution is 0.193. The number of furan rings is 1. The van der Waals surface area contributed by atoms with Crippen LogP contribution in [-0.4, -0.2) is 42.5 Å². The second-order valence-electron chi connectivity index (χ2n) is 6.55. The van der Waals surface area contributed by atoms with E-state index in [4.69, 9.17) is 4.42 Å². The molecular weight excluding hydrogens is 302 g/mol. The van der Waals surface area contributed by atoms with E-state index in [2.05, 4.69) is 29.4 Å². The average molecular weight is 327 g/mol. The number of likely N-dealkylation sites (N-methyl/N-ethyl adjacent to an activating group) is 1. The Balaban J connectivity index is 1.64. The largest absolute Gasteiger partial charge is 0.464 e. The molecular formula is C19H25N3O2. The van der Waals surface area contributed by atoms with Crippen molar-refractivity contribution in [3.8, 4) is 0 Å². The maximum absolute atomic E-state index is 12.5. The minimum absolute atomic E-state index is 0.0646. The summed E-state index contributed by atoms with van der Waals surface area (Å²) in [6.07, 6.45) is 0.954. The van der Waals surface area contributed by atoms with E-state index in [1.807, 2.05) is 37.3 Å². The van der Waals surface area contributed by atoms with E-state index in [9.17, 15) is 4.79 Å². The Bertz CT molecular complexity index is 683. The molecule has 0 bridgehead atoms. The molecule has 128 valence electrons. The number of likely N-dealkylation sites (tertiary alicyclic amines) is 1. The Morgan fingerprint density at radius 3 is 2.71 bits per heavy atom. The second kappa shape index (κ2) is 7.09. The van der Waals surface area contributed by atoms with Gasteiger partial charge in [0.15, 0.2) is 0 Å². The van der Waals surface area contributed by atoms with Gasteiger partial charge in [0, 0.05) is 13.6 Å². The molecule has 0 spiro atoms. The Morgan fingerprint density at radius 1 is 1.29 bits per heavy atom. The first-order valence-corrected chi connectivity index (χ1v) is 8.36. The summed E-state index contributed by atoms with van der Waals surface area (Å²) in [5.41, 5.74) is 1.24. The van der Waals surface area contributed by atoms with Gasteiger partial charge in [-0.15, -0.1) is 0 Å². The number of benzene rings is 1. The van der Waals surface area contributed by atoms with E-state index in [1.165, 1.54) is 5.56 Å². The molecule has 0 unspecified atom stereocenters. The fraction of sp³-hybridized carbons (Fsp3) is 0.421. The maximum Gasteiger partial charge on any atom is 0.317 e. The molecule has 0 radical (unpaired) electrons. The predicted octanol–water partition coefficient (Wildman–Crippen LogP) is 3.17. The summed E-state index contributed by atoms with van der Waals surface area (Å²) in [7, 11) is 3.91. The second-order valence-corrected chi connectivity index (χ2v) is 6.55. The summed E-state index contributed by atoms with van der Waals surface area (Å²) in [6, 6.07) is 14.5. The summed E-state index contributed by atoms with van der Waals surface area (Å²) in [5, 5.41) is 3.19. The van der Waals surface area contributed by atoms with E-state index in [0.29, 0.717) is 6.54 Å². The van der Waals surface area contributed by atoms with Crippen LogP contribution in [0.1, 0.15) is 29.5 Å². The van der Waals surface area contributed by atoms with Gasteiger partial charge >= 0.3 is 6.03 Å². The minimum Gasteiger partial charge on any atom is -0.464 e. The molecule has 1 fully saturated rings. The van der Waals surface area contributed by atoms with Gasteiger partial charge in [-0.1, -0.05) is 30.3 Å². The first-order valence-electron chi connectivity index (χ1n) is 8.36. The smallest absolute Gasteiger partial charge is 0.317 e. The monoisotopic (exact) mass is 327 g/mol. The van der Waals surface area contributed by atoms with Gasteiger partial charge in [0.2, 0.25) is 0 Å². The van der Waals surface area contributed by atoms with Crippen molar-refractivity contribution in [2.45, 2.75) is 32.0 Å². The van der Waals surface area contributed by atoms with E-state index < -0.39 is 0 Å². The molecule has 1 aromatic heterocycles. The number of carbonyl (C=O) groups excluding carboxylic acids is 1. The third kappa shape index (κ3) is 3.62. The van der Waals surface area contributed by atoms with Crippen molar-refractivity contribution in [2.75, 3.05) is 20.6 Å². The zero-order chi connectivity index (χ0) is 17.1. The Labute approximate surface area is 143 Å². The maximum atomic E-state index is 12.5. The number of nitrogens with zero attached hydrogens (tertiary/aromatic N) is 2. The average Bonchev–Trinajstić information content (AvgIpc) is 3.14. The van der Waals surface area contributed by atoms with Crippen LogP contribution in [0.25, 0.3) is 0 Å². The first-order chi connectivity index (χ1) is 11.5. The normalized spacial score (nSPS) is 21.0. The summed E-state index contributed by atoms with van der Waals surface area (Å²) in [6.45, 7) is 3.35. The summed E-state index contributed by atoms with van der Waals surface area (Å²) >= 11 is 0. The van der Waals surface area contributed by atoms with Crippen LogP contribution >= 0.6 is 0 Å². The highest BCUT2D eigenvalue weighted by atomic mass is 16.3. The quantitative estimate of drug-likeness (QED) is 0.938. The molecule has 2 atom stereocenters. The van der Waals surface area contributed by atoms with Crippen molar-refractivity contribution >= 4 is 6.03 Å². The van der Waals surface area contributed by atoms with Crippen LogP contribution in [-0.2, 0) is 6.54 Å². The number of amides is 2. The highest BCUT2D eigenvalue weighted by molar-refractivity contribution is 5.74.